The van der Waals surface area contributed by atoms with Crippen molar-refractivity contribution < 1.29 is 4.74 Å². The van der Waals surface area contributed by atoms with E-state index in [0.717, 1.165) is 23.7 Å². The second-order valence-electron chi connectivity index (χ2n) is 4.75. The SMILES string of the molecule is CCn1ccnc1COc1ccc(C)cc1[C@H](C)N. The molecular formula is C15H21N3O. The molecule has 102 valence electrons. The Bertz CT molecular complexity index is 546. The van der Waals surface area contributed by atoms with Gasteiger partial charge in [-0.15, -0.1) is 0 Å². The van der Waals surface area contributed by atoms with Gasteiger partial charge in [0.2, 0.25) is 0 Å². The number of imidazole rings is 1. The van der Waals surface area contributed by atoms with Gasteiger partial charge in [-0.3, -0.25) is 0 Å². The zero-order valence-electron chi connectivity index (χ0n) is 11.8. The van der Waals surface area contributed by atoms with E-state index in [1.54, 1.807) is 6.20 Å². The molecule has 0 aliphatic heterocycles. The Balaban J connectivity index is 2.15. The predicted octanol–water partition coefficient (Wildman–Crippen LogP) is 2.81. The number of hydrogen-bond donors (Lipinski definition) is 1. The lowest BCUT2D eigenvalue weighted by molar-refractivity contribution is 0.285. The van der Waals surface area contributed by atoms with E-state index in [-0.39, 0.29) is 6.04 Å². The molecule has 19 heavy (non-hydrogen) atoms. The summed E-state index contributed by atoms with van der Waals surface area (Å²) in [6.45, 7) is 7.47. The molecule has 0 spiro atoms. The van der Waals surface area contributed by atoms with E-state index in [4.69, 9.17) is 10.5 Å². The number of aryl methyl sites for hydroxylation is 2. The Hall–Kier alpha value is -1.81. The minimum atomic E-state index is -0.0409. The Morgan fingerprint density at radius 1 is 1.42 bits per heavy atom. The van der Waals surface area contributed by atoms with Gasteiger partial charge >= 0.3 is 0 Å². The largest absolute Gasteiger partial charge is 0.485 e. The quantitative estimate of drug-likeness (QED) is 0.898. The molecule has 0 amide bonds. The summed E-state index contributed by atoms with van der Waals surface area (Å²) in [5, 5.41) is 0. The Labute approximate surface area is 114 Å². The maximum atomic E-state index is 5.99. The lowest BCUT2D eigenvalue weighted by atomic mass is 10.1. The highest BCUT2D eigenvalue weighted by atomic mass is 16.5. The van der Waals surface area contributed by atoms with Crippen LogP contribution in [0, 0.1) is 6.92 Å². The van der Waals surface area contributed by atoms with Gasteiger partial charge in [0, 0.05) is 30.5 Å². The number of ether oxygens (including phenoxy) is 1. The molecule has 0 saturated heterocycles. The predicted molar refractivity (Wildman–Crippen MR) is 76.0 cm³/mol. The number of nitrogens with zero attached hydrogens (tertiary/aromatic N) is 2. The molecule has 1 aromatic carbocycles. The average Bonchev–Trinajstić information content (AvgIpc) is 2.84. The van der Waals surface area contributed by atoms with Crippen LogP contribution in [-0.4, -0.2) is 9.55 Å². The monoisotopic (exact) mass is 259 g/mol. The van der Waals surface area contributed by atoms with Gasteiger partial charge in [-0.25, -0.2) is 4.98 Å². The highest BCUT2D eigenvalue weighted by molar-refractivity contribution is 5.38. The normalized spacial score (nSPS) is 12.4. The first-order valence-corrected chi connectivity index (χ1v) is 6.60. The summed E-state index contributed by atoms with van der Waals surface area (Å²) >= 11 is 0. The van der Waals surface area contributed by atoms with Crippen LogP contribution >= 0.6 is 0 Å². The minimum absolute atomic E-state index is 0.0409. The first-order chi connectivity index (χ1) is 9.11. The number of aromatic nitrogens is 2. The van der Waals surface area contributed by atoms with Gasteiger partial charge in [0.05, 0.1) is 0 Å². The van der Waals surface area contributed by atoms with Crippen LogP contribution in [0.4, 0.5) is 0 Å². The van der Waals surface area contributed by atoms with Crippen LogP contribution in [0.1, 0.15) is 36.8 Å². The highest BCUT2D eigenvalue weighted by Gasteiger charge is 2.10. The van der Waals surface area contributed by atoms with E-state index < -0.39 is 0 Å². The summed E-state index contributed by atoms with van der Waals surface area (Å²) in [4.78, 5) is 4.30. The average molecular weight is 259 g/mol. The van der Waals surface area contributed by atoms with Gasteiger partial charge in [0.15, 0.2) is 0 Å². The van der Waals surface area contributed by atoms with Gasteiger partial charge < -0.3 is 15.0 Å². The van der Waals surface area contributed by atoms with Crippen LogP contribution in [-0.2, 0) is 13.2 Å². The van der Waals surface area contributed by atoms with Crippen molar-refractivity contribution in [2.24, 2.45) is 5.73 Å². The molecule has 2 N–H and O–H groups in total. The van der Waals surface area contributed by atoms with Crippen LogP contribution in [0.3, 0.4) is 0 Å². The molecule has 0 aliphatic carbocycles. The summed E-state index contributed by atoms with van der Waals surface area (Å²) < 4.78 is 7.95. The summed E-state index contributed by atoms with van der Waals surface area (Å²) in [6.07, 6.45) is 3.75. The summed E-state index contributed by atoms with van der Waals surface area (Å²) in [5.74, 6) is 1.77. The lowest BCUT2D eigenvalue weighted by Gasteiger charge is -2.15. The standard InChI is InChI=1S/C15H21N3O/c1-4-18-8-7-17-15(18)10-19-14-6-5-11(2)9-13(14)12(3)16/h5-9,12H,4,10,16H2,1-3H3/t12-/m0/s1. The fourth-order valence-corrected chi connectivity index (χ4v) is 2.07. The zero-order valence-corrected chi connectivity index (χ0v) is 11.8. The smallest absolute Gasteiger partial charge is 0.146 e. The maximum absolute atomic E-state index is 5.99. The molecular weight excluding hydrogens is 238 g/mol. The van der Waals surface area contributed by atoms with E-state index in [1.807, 2.05) is 25.3 Å². The van der Waals surface area contributed by atoms with Crippen molar-refractivity contribution >= 4 is 0 Å². The zero-order chi connectivity index (χ0) is 13.8. The highest BCUT2D eigenvalue weighted by Crippen LogP contribution is 2.25. The Morgan fingerprint density at radius 2 is 2.21 bits per heavy atom. The lowest BCUT2D eigenvalue weighted by Crippen LogP contribution is -2.10. The third kappa shape index (κ3) is 3.15. The number of benzene rings is 1. The van der Waals surface area contributed by atoms with Crippen molar-refractivity contribution in [2.75, 3.05) is 0 Å². The second-order valence-corrected chi connectivity index (χ2v) is 4.75. The molecule has 0 bridgehead atoms. The third-order valence-corrected chi connectivity index (χ3v) is 3.16. The number of hydrogen-bond acceptors (Lipinski definition) is 3. The van der Waals surface area contributed by atoms with E-state index in [0.29, 0.717) is 6.61 Å². The minimum Gasteiger partial charge on any atom is -0.485 e. The summed E-state index contributed by atoms with van der Waals surface area (Å²) in [6, 6.07) is 6.05. The van der Waals surface area contributed by atoms with Gasteiger partial charge in [0.1, 0.15) is 18.2 Å². The van der Waals surface area contributed by atoms with E-state index in [1.165, 1.54) is 5.56 Å². The molecule has 0 saturated carbocycles. The summed E-state index contributed by atoms with van der Waals surface area (Å²) in [5.41, 5.74) is 8.21. The van der Waals surface area contributed by atoms with Crippen molar-refractivity contribution in [3.63, 3.8) is 0 Å². The van der Waals surface area contributed by atoms with E-state index in [9.17, 15) is 0 Å². The topological polar surface area (TPSA) is 53.1 Å². The van der Waals surface area contributed by atoms with Crippen LogP contribution < -0.4 is 10.5 Å². The molecule has 0 unspecified atom stereocenters. The van der Waals surface area contributed by atoms with Crippen molar-refractivity contribution in [2.45, 2.75) is 40.0 Å². The van der Waals surface area contributed by atoms with Crippen molar-refractivity contribution in [3.05, 3.63) is 47.5 Å². The molecule has 0 aliphatic rings. The number of nitrogens with two attached hydrogens (primary N) is 1. The van der Waals surface area contributed by atoms with Crippen molar-refractivity contribution in [3.8, 4) is 5.75 Å². The van der Waals surface area contributed by atoms with Gasteiger partial charge in [-0.05, 0) is 26.8 Å². The molecule has 4 heteroatoms. The molecule has 1 aromatic heterocycles. The third-order valence-electron chi connectivity index (χ3n) is 3.16. The van der Waals surface area contributed by atoms with Crippen LogP contribution in [0.15, 0.2) is 30.6 Å². The maximum Gasteiger partial charge on any atom is 0.146 e. The molecule has 0 fully saturated rings. The van der Waals surface area contributed by atoms with Crippen LogP contribution in [0.5, 0.6) is 5.75 Å². The first kappa shape index (κ1) is 13.6. The van der Waals surface area contributed by atoms with Gasteiger partial charge in [-0.1, -0.05) is 17.7 Å². The fourth-order valence-electron chi connectivity index (χ4n) is 2.07. The van der Waals surface area contributed by atoms with Crippen molar-refractivity contribution in [1.82, 2.24) is 9.55 Å². The molecule has 2 rings (SSSR count). The van der Waals surface area contributed by atoms with Crippen LogP contribution in [0.25, 0.3) is 0 Å². The first-order valence-electron chi connectivity index (χ1n) is 6.60. The second kappa shape index (κ2) is 5.89. The Morgan fingerprint density at radius 3 is 2.89 bits per heavy atom. The van der Waals surface area contributed by atoms with Gasteiger partial charge in [-0.2, -0.15) is 0 Å². The van der Waals surface area contributed by atoms with E-state index in [2.05, 4.69) is 29.5 Å². The van der Waals surface area contributed by atoms with Gasteiger partial charge in [0.25, 0.3) is 0 Å². The molecule has 2 aromatic rings. The van der Waals surface area contributed by atoms with Crippen molar-refractivity contribution in [1.29, 1.82) is 0 Å². The van der Waals surface area contributed by atoms with E-state index >= 15 is 0 Å². The summed E-state index contributed by atoms with van der Waals surface area (Å²) in [7, 11) is 0. The van der Waals surface area contributed by atoms with Crippen LogP contribution in [0.2, 0.25) is 0 Å². The fraction of sp³-hybridized carbons (Fsp3) is 0.400. The molecule has 4 nitrogen and oxygen atoms in total. The Kier molecular flexibility index (Phi) is 4.22. The molecule has 0 radical (unpaired) electrons. The number of rotatable bonds is 5. The molecule has 1 heterocycles. The molecule has 1 atom stereocenters.